The molecule has 0 amide bonds. The van der Waals surface area contributed by atoms with Gasteiger partial charge in [0, 0.05) is 10.5 Å². The number of hydrogen-bond acceptors (Lipinski definition) is 5. The fourth-order valence-corrected chi connectivity index (χ4v) is 2.38. The minimum Gasteiger partial charge on any atom is -0.419 e. The first-order valence-electron chi connectivity index (χ1n) is 6.55. The number of benzene rings is 1. The van der Waals surface area contributed by atoms with Crippen molar-refractivity contribution >= 4 is 15.9 Å². The fourth-order valence-electron chi connectivity index (χ4n) is 1.93. The Morgan fingerprint density at radius 1 is 1.30 bits per heavy atom. The van der Waals surface area contributed by atoms with Crippen LogP contribution in [-0.2, 0) is 6.54 Å². The van der Waals surface area contributed by atoms with Crippen LogP contribution in [0.2, 0.25) is 0 Å². The topological polar surface area (TPSA) is 71.2 Å². The summed E-state index contributed by atoms with van der Waals surface area (Å²) < 4.78 is 6.55. The maximum Gasteiger partial charge on any atom is 0.248 e. The summed E-state index contributed by atoms with van der Waals surface area (Å²) in [7, 11) is 0. The molecule has 2 atom stereocenters. The first-order chi connectivity index (χ1) is 9.56. The van der Waals surface area contributed by atoms with Crippen LogP contribution in [-0.4, -0.2) is 27.4 Å². The number of halogens is 1. The summed E-state index contributed by atoms with van der Waals surface area (Å²) in [5, 5.41) is 20.6. The highest BCUT2D eigenvalue weighted by atomic mass is 79.9. The minimum absolute atomic E-state index is 0.189. The lowest BCUT2D eigenvalue weighted by atomic mass is 10.1. The lowest BCUT2D eigenvalue weighted by Gasteiger charge is -2.13. The average molecular weight is 340 g/mol. The SMILES string of the molecule is CC(O)CC(C)NCc1nnc(-c2ccccc2Br)o1. The first kappa shape index (κ1) is 15.2. The maximum atomic E-state index is 9.31. The van der Waals surface area contributed by atoms with Crippen molar-refractivity contribution < 1.29 is 9.52 Å². The molecule has 20 heavy (non-hydrogen) atoms. The van der Waals surface area contributed by atoms with Gasteiger partial charge in [0.15, 0.2) is 0 Å². The molecular formula is C14H18BrN3O2. The molecule has 6 heteroatoms. The molecule has 2 N–H and O–H groups in total. The van der Waals surface area contributed by atoms with Crippen molar-refractivity contribution in [3.63, 3.8) is 0 Å². The number of hydrogen-bond donors (Lipinski definition) is 2. The van der Waals surface area contributed by atoms with E-state index in [0.29, 0.717) is 24.7 Å². The predicted molar refractivity (Wildman–Crippen MR) is 80.0 cm³/mol. The highest BCUT2D eigenvalue weighted by Gasteiger charge is 2.12. The third kappa shape index (κ3) is 4.13. The summed E-state index contributed by atoms with van der Waals surface area (Å²) in [6.45, 7) is 4.28. The van der Waals surface area contributed by atoms with E-state index < -0.39 is 0 Å². The smallest absolute Gasteiger partial charge is 0.248 e. The first-order valence-corrected chi connectivity index (χ1v) is 7.34. The third-order valence-corrected chi connectivity index (χ3v) is 3.56. The molecule has 2 rings (SSSR count). The molecule has 0 saturated heterocycles. The van der Waals surface area contributed by atoms with Crippen molar-refractivity contribution in [2.24, 2.45) is 0 Å². The van der Waals surface area contributed by atoms with Crippen LogP contribution in [0.4, 0.5) is 0 Å². The van der Waals surface area contributed by atoms with Gasteiger partial charge < -0.3 is 14.8 Å². The van der Waals surface area contributed by atoms with E-state index in [0.717, 1.165) is 10.0 Å². The fraction of sp³-hybridized carbons (Fsp3) is 0.429. The molecule has 1 aromatic carbocycles. The van der Waals surface area contributed by atoms with E-state index >= 15 is 0 Å². The van der Waals surface area contributed by atoms with Crippen molar-refractivity contribution in [2.45, 2.75) is 39.0 Å². The second kappa shape index (κ2) is 6.97. The second-order valence-electron chi connectivity index (χ2n) is 4.85. The molecule has 0 aliphatic rings. The Hall–Kier alpha value is -1.24. The van der Waals surface area contributed by atoms with Gasteiger partial charge in [-0.3, -0.25) is 0 Å². The van der Waals surface area contributed by atoms with Crippen LogP contribution in [0.3, 0.4) is 0 Å². The van der Waals surface area contributed by atoms with Gasteiger partial charge in [0.05, 0.1) is 18.2 Å². The molecule has 5 nitrogen and oxygen atoms in total. The van der Waals surface area contributed by atoms with Gasteiger partial charge >= 0.3 is 0 Å². The number of aliphatic hydroxyl groups is 1. The Kier molecular flexibility index (Phi) is 5.28. The summed E-state index contributed by atoms with van der Waals surface area (Å²) in [4.78, 5) is 0. The molecular weight excluding hydrogens is 322 g/mol. The summed E-state index contributed by atoms with van der Waals surface area (Å²) in [5.74, 6) is 1.03. The molecule has 1 heterocycles. The Morgan fingerprint density at radius 2 is 2.05 bits per heavy atom. The van der Waals surface area contributed by atoms with Crippen molar-refractivity contribution in [1.82, 2.24) is 15.5 Å². The van der Waals surface area contributed by atoms with Crippen molar-refractivity contribution in [1.29, 1.82) is 0 Å². The van der Waals surface area contributed by atoms with Crippen LogP contribution in [0.15, 0.2) is 33.2 Å². The molecule has 0 saturated carbocycles. The predicted octanol–water partition coefficient (Wildman–Crippen LogP) is 2.75. The van der Waals surface area contributed by atoms with Gasteiger partial charge in [-0.15, -0.1) is 10.2 Å². The second-order valence-corrected chi connectivity index (χ2v) is 5.70. The summed E-state index contributed by atoms with van der Waals surface area (Å²) >= 11 is 3.46. The number of rotatable bonds is 6. The van der Waals surface area contributed by atoms with E-state index in [-0.39, 0.29) is 12.1 Å². The van der Waals surface area contributed by atoms with Gasteiger partial charge in [-0.05, 0) is 48.3 Å². The molecule has 108 valence electrons. The summed E-state index contributed by atoms with van der Waals surface area (Å²) in [5.41, 5.74) is 0.878. The number of aromatic nitrogens is 2. The van der Waals surface area contributed by atoms with Crippen molar-refractivity contribution in [3.05, 3.63) is 34.6 Å². The van der Waals surface area contributed by atoms with Crippen LogP contribution in [0, 0.1) is 0 Å². The largest absolute Gasteiger partial charge is 0.419 e. The van der Waals surface area contributed by atoms with Gasteiger partial charge in [0.25, 0.3) is 0 Å². The quantitative estimate of drug-likeness (QED) is 0.846. The highest BCUT2D eigenvalue weighted by molar-refractivity contribution is 9.10. The van der Waals surface area contributed by atoms with Crippen molar-refractivity contribution in [2.75, 3.05) is 0 Å². The Morgan fingerprint density at radius 3 is 2.75 bits per heavy atom. The molecule has 0 aliphatic heterocycles. The molecule has 0 fully saturated rings. The van der Waals surface area contributed by atoms with Crippen LogP contribution >= 0.6 is 15.9 Å². The van der Waals surface area contributed by atoms with Crippen LogP contribution in [0.1, 0.15) is 26.2 Å². The van der Waals surface area contributed by atoms with E-state index in [2.05, 4.69) is 31.4 Å². The zero-order chi connectivity index (χ0) is 14.5. The maximum absolute atomic E-state index is 9.31. The van der Waals surface area contributed by atoms with Crippen LogP contribution in [0.5, 0.6) is 0 Å². The average Bonchev–Trinajstić information content (AvgIpc) is 2.85. The van der Waals surface area contributed by atoms with E-state index in [4.69, 9.17) is 4.42 Å². The zero-order valence-corrected chi connectivity index (χ0v) is 13.1. The molecule has 0 bridgehead atoms. The van der Waals surface area contributed by atoms with E-state index in [1.807, 2.05) is 31.2 Å². The monoisotopic (exact) mass is 339 g/mol. The van der Waals surface area contributed by atoms with E-state index in [9.17, 15) is 5.11 Å². The van der Waals surface area contributed by atoms with Crippen molar-refractivity contribution in [3.8, 4) is 11.5 Å². The molecule has 0 aliphatic carbocycles. The Labute approximate surface area is 126 Å². The van der Waals surface area contributed by atoms with Crippen LogP contribution < -0.4 is 5.32 Å². The van der Waals surface area contributed by atoms with Gasteiger partial charge in [-0.2, -0.15) is 0 Å². The molecule has 0 spiro atoms. The number of aliphatic hydroxyl groups excluding tert-OH is 1. The lowest BCUT2D eigenvalue weighted by molar-refractivity contribution is 0.169. The Balaban J connectivity index is 1.98. The van der Waals surface area contributed by atoms with Gasteiger partial charge in [-0.1, -0.05) is 12.1 Å². The number of nitrogens with one attached hydrogen (secondary N) is 1. The van der Waals surface area contributed by atoms with E-state index in [1.54, 1.807) is 6.92 Å². The molecule has 2 aromatic rings. The third-order valence-electron chi connectivity index (χ3n) is 2.87. The zero-order valence-electron chi connectivity index (χ0n) is 11.5. The highest BCUT2D eigenvalue weighted by Crippen LogP contribution is 2.26. The molecule has 0 radical (unpaired) electrons. The molecule has 1 aromatic heterocycles. The standard InChI is InChI=1S/C14H18BrN3O2/c1-9(7-10(2)19)16-8-13-17-18-14(20-13)11-5-3-4-6-12(11)15/h3-6,9-10,16,19H,7-8H2,1-2H3. The van der Waals surface area contributed by atoms with E-state index in [1.165, 1.54) is 0 Å². The van der Waals surface area contributed by atoms with Gasteiger partial charge in [-0.25, -0.2) is 0 Å². The lowest BCUT2D eigenvalue weighted by Crippen LogP contribution is -2.28. The van der Waals surface area contributed by atoms with Crippen LogP contribution in [0.25, 0.3) is 11.5 Å². The normalized spacial score (nSPS) is 14.2. The Bertz CT molecular complexity index is 557. The van der Waals surface area contributed by atoms with Gasteiger partial charge in [0.2, 0.25) is 11.8 Å². The molecule has 2 unspecified atom stereocenters. The number of nitrogens with zero attached hydrogens (tertiary/aromatic N) is 2. The minimum atomic E-state index is -0.323. The summed E-state index contributed by atoms with van der Waals surface area (Å²) in [6.07, 6.45) is 0.363. The summed E-state index contributed by atoms with van der Waals surface area (Å²) in [6, 6.07) is 7.90. The van der Waals surface area contributed by atoms with Gasteiger partial charge in [0.1, 0.15) is 0 Å².